The Labute approximate surface area is 203 Å². The van der Waals surface area contributed by atoms with Gasteiger partial charge in [-0.2, -0.15) is 0 Å². The van der Waals surface area contributed by atoms with Gasteiger partial charge in [0, 0.05) is 5.56 Å². The Hall–Kier alpha value is -4.65. The molecule has 0 saturated heterocycles. The van der Waals surface area contributed by atoms with Gasteiger partial charge in [0.05, 0.1) is 13.0 Å². The fourth-order valence-corrected chi connectivity index (χ4v) is 3.54. The molecule has 0 aliphatic rings. The van der Waals surface area contributed by atoms with E-state index in [-0.39, 0.29) is 18.9 Å². The minimum atomic E-state index is -0.530. The van der Waals surface area contributed by atoms with Crippen molar-refractivity contribution in [2.75, 3.05) is 6.54 Å². The monoisotopic (exact) mass is 467 g/mol. The van der Waals surface area contributed by atoms with Crippen molar-refractivity contribution in [1.29, 1.82) is 0 Å². The van der Waals surface area contributed by atoms with Gasteiger partial charge in [0.25, 0.3) is 11.8 Å². The average Bonchev–Trinajstić information content (AvgIpc) is 2.90. The van der Waals surface area contributed by atoms with Crippen LogP contribution in [0.5, 0.6) is 5.75 Å². The fraction of sp³-hybridized carbons (Fsp3) is 0.107. The Bertz CT molecular complexity index is 1320. The third-order valence-electron chi connectivity index (χ3n) is 5.36. The average molecular weight is 468 g/mol. The largest absolute Gasteiger partial charge is 0.489 e. The van der Waals surface area contributed by atoms with Crippen molar-refractivity contribution in [1.82, 2.24) is 16.2 Å². The van der Waals surface area contributed by atoms with E-state index >= 15 is 0 Å². The van der Waals surface area contributed by atoms with Crippen LogP contribution in [0.1, 0.15) is 21.5 Å². The normalized spacial score (nSPS) is 10.4. The summed E-state index contributed by atoms with van der Waals surface area (Å²) in [5.74, 6) is -0.508. The van der Waals surface area contributed by atoms with E-state index in [1.54, 1.807) is 24.3 Å². The van der Waals surface area contributed by atoms with Crippen molar-refractivity contribution < 1.29 is 19.1 Å². The molecular formula is C28H25N3O4. The maximum absolute atomic E-state index is 12.3. The molecule has 0 saturated carbocycles. The van der Waals surface area contributed by atoms with Crippen LogP contribution in [0, 0.1) is 0 Å². The summed E-state index contributed by atoms with van der Waals surface area (Å²) in [7, 11) is 0. The number of hydrogen-bond acceptors (Lipinski definition) is 4. The number of carbonyl (C=O) groups excluding carboxylic acids is 3. The number of nitrogens with one attached hydrogen (secondary N) is 3. The SMILES string of the molecule is O=C(Cc1cccc2ccccc12)NCC(=O)NNC(=O)c1ccc(COc2ccccc2)cc1. The third-order valence-corrected chi connectivity index (χ3v) is 5.36. The molecule has 0 fully saturated rings. The van der Waals surface area contributed by atoms with Gasteiger partial charge in [0.2, 0.25) is 5.91 Å². The van der Waals surface area contributed by atoms with Crippen LogP contribution in [0.25, 0.3) is 10.8 Å². The second-order valence-electron chi connectivity index (χ2n) is 7.89. The van der Waals surface area contributed by atoms with Crippen molar-refractivity contribution >= 4 is 28.5 Å². The molecule has 176 valence electrons. The molecule has 0 atom stereocenters. The van der Waals surface area contributed by atoms with E-state index in [9.17, 15) is 14.4 Å². The zero-order valence-electron chi connectivity index (χ0n) is 19.0. The molecule has 4 rings (SSSR count). The molecule has 35 heavy (non-hydrogen) atoms. The van der Waals surface area contributed by atoms with E-state index in [1.165, 1.54) is 0 Å². The molecule has 4 aromatic carbocycles. The summed E-state index contributed by atoms with van der Waals surface area (Å²) >= 11 is 0. The van der Waals surface area contributed by atoms with Crippen molar-refractivity contribution in [3.8, 4) is 5.75 Å². The van der Waals surface area contributed by atoms with Crippen molar-refractivity contribution in [3.63, 3.8) is 0 Å². The van der Waals surface area contributed by atoms with Gasteiger partial charge in [-0.15, -0.1) is 0 Å². The van der Waals surface area contributed by atoms with Crippen molar-refractivity contribution in [2.24, 2.45) is 0 Å². The summed E-state index contributed by atoms with van der Waals surface area (Å²) in [6.45, 7) is 0.126. The fourth-order valence-electron chi connectivity index (χ4n) is 3.54. The van der Waals surface area contributed by atoms with Crippen LogP contribution < -0.4 is 20.9 Å². The second kappa shape index (κ2) is 11.5. The van der Waals surface area contributed by atoms with E-state index in [0.717, 1.165) is 27.6 Å². The molecule has 4 aromatic rings. The Morgan fingerprint density at radius 3 is 2.20 bits per heavy atom. The third kappa shape index (κ3) is 6.68. The minimum absolute atomic E-state index is 0.154. The minimum Gasteiger partial charge on any atom is -0.489 e. The molecule has 0 bridgehead atoms. The van der Waals surface area contributed by atoms with Gasteiger partial charge in [-0.05, 0) is 46.2 Å². The lowest BCUT2D eigenvalue weighted by Gasteiger charge is -2.10. The molecule has 0 aromatic heterocycles. The molecule has 0 radical (unpaired) electrons. The van der Waals surface area contributed by atoms with Crippen molar-refractivity contribution in [3.05, 3.63) is 114 Å². The lowest BCUT2D eigenvalue weighted by Crippen LogP contribution is -2.46. The molecule has 7 heteroatoms. The Morgan fingerprint density at radius 1 is 0.686 bits per heavy atom. The standard InChI is InChI=1S/C28H25N3O4/c32-26(17-23-9-6-8-21-7-4-5-12-25(21)23)29-18-27(33)30-31-28(34)22-15-13-20(14-16-22)19-35-24-10-2-1-3-11-24/h1-16H,17-19H2,(H,29,32)(H,30,33)(H,31,34). The highest BCUT2D eigenvalue weighted by atomic mass is 16.5. The summed E-state index contributed by atoms with van der Waals surface area (Å²) in [5, 5.41) is 4.63. The topological polar surface area (TPSA) is 96.5 Å². The van der Waals surface area contributed by atoms with Gasteiger partial charge in [-0.1, -0.05) is 72.8 Å². The molecule has 7 nitrogen and oxygen atoms in total. The first-order chi connectivity index (χ1) is 17.1. The van der Waals surface area contributed by atoms with E-state index in [0.29, 0.717) is 12.2 Å². The first-order valence-corrected chi connectivity index (χ1v) is 11.2. The van der Waals surface area contributed by atoms with Crippen LogP contribution in [-0.4, -0.2) is 24.3 Å². The molecule has 0 unspecified atom stereocenters. The predicted molar refractivity (Wildman–Crippen MR) is 133 cm³/mol. The van der Waals surface area contributed by atoms with Gasteiger partial charge < -0.3 is 10.1 Å². The Kier molecular flexibility index (Phi) is 7.70. The molecular weight excluding hydrogens is 442 g/mol. The van der Waals surface area contributed by atoms with E-state index in [4.69, 9.17) is 4.74 Å². The maximum Gasteiger partial charge on any atom is 0.269 e. The van der Waals surface area contributed by atoms with Crippen molar-refractivity contribution in [2.45, 2.75) is 13.0 Å². The highest BCUT2D eigenvalue weighted by Crippen LogP contribution is 2.18. The molecule has 0 aliphatic heterocycles. The zero-order chi connectivity index (χ0) is 24.5. The first kappa shape index (κ1) is 23.5. The van der Waals surface area contributed by atoms with Crippen LogP contribution >= 0.6 is 0 Å². The number of carbonyl (C=O) groups is 3. The van der Waals surface area contributed by atoms with Crippen LogP contribution in [0.2, 0.25) is 0 Å². The van der Waals surface area contributed by atoms with E-state index in [1.807, 2.05) is 72.8 Å². The zero-order valence-corrected chi connectivity index (χ0v) is 19.0. The highest BCUT2D eigenvalue weighted by molar-refractivity contribution is 5.96. The van der Waals surface area contributed by atoms with Crippen LogP contribution in [0.4, 0.5) is 0 Å². The summed E-state index contributed by atoms with van der Waals surface area (Å²) in [4.78, 5) is 36.7. The van der Waals surface area contributed by atoms with Crippen LogP contribution in [0.15, 0.2) is 97.1 Å². The maximum atomic E-state index is 12.3. The lowest BCUT2D eigenvalue weighted by molar-refractivity contribution is -0.126. The highest BCUT2D eigenvalue weighted by Gasteiger charge is 2.11. The molecule has 3 N–H and O–H groups in total. The molecule has 0 heterocycles. The van der Waals surface area contributed by atoms with Crippen LogP contribution in [0.3, 0.4) is 0 Å². The number of para-hydroxylation sites is 1. The number of ether oxygens (including phenoxy) is 1. The first-order valence-electron chi connectivity index (χ1n) is 11.2. The molecule has 0 aliphatic carbocycles. The van der Waals surface area contributed by atoms with E-state index < -0.39 is 11.8 Å². The summed E-state index contributed by atoms with van der Waals surface area (Å²) in [6, 6.07) is 29.9. The van der Waals surface area contributed by atoms with Gasteiger partial charge in [0.15, 0.2) is 0 Å². The number of amides is 3. The van der Waals surface area contributed by atoms with Gasteiger partial charge >= 0.3 is 0 Å². The second-order valence-corrected chi connectivity index (χ2v) is 7.89. The number of fused-ring (bicyclic) bond motifs is 1. The van der Waals surface area contributed by atoms with Gasteiger partial charge in [-0.3, -0.25) is 25.2 Å². The quantitative estimate of drug-likeness (QED) is 0.346. The smallest absolute Gasteiger partial charge is 0.269 e. The Balaban J connectivity index is 1.19. The Morgan fingerprint density at radius 2 is 1.40 bits per heavy atom. The van der Waals surface area contributed by atoms with Gasteiger partial charge in [-0.25, -0.2) is 0 Å². The lowest BCUT2D eigenvalue weighted by atomic mass is 10.0. The van der Waals surface area contributed by atoms with E-state index in [2.05, 4.69) is 16.2 Å². The predicted octanol–water partition coefficient (Wildman–Crippen LogP) is 3.54. The molecule has 3 amide bonds. The number of hydrogen-bond donors (Lipinski definition) is 3. The number of benzene rings is 4. The number of rotatable bonds is 8. The van der Waals surface area contributed by atoms with Gasteiger partial charge in [0.1, 0.15) is 12.4 Å². The summed E-state index contributed by atoms with van der Waals surface area (Å²) in [5.41, 5.74) is 6.84. The van der Waals surface area contributed by atoms with Crippen LogP contribution in [-0.2, 0) is 22.6 Å². The summed E-state index contributed by atoms with van der Waals surface area (Å²) in [6.07, 6.45) is 0.154. The molecule has 0 spiro atoms. The number of hydrazine groups is 1. The summed E-state index contributed by atoms with van der Waals surface area (Å²) < 4.78 is 5.68.